The molecule has 5 N–H and O–H groups in total. The van der Waals surface area contributed by atoms with Gasteiger partial charge in [-0.15, -0.1) is 0 Å². The maximum Gasteiger partial charge on any atom is 0.296 e. The number of nitrogens with two attached hydrogens (primary N) is 2. The van der Waals surface area contributed by atoms with Crippen molar-refractivity contribution in [1.82, 2.24) is 0 Å². The van der Waals surface area contributed by atoms with Crippen LogP contribution in [0.15, 0.2) is 23.1 Å². The molecule has 0 amide bonds. The van der Waals surface area contributed by atoms with Crippen LogP contribution >= 0.6 is 0 Å². The Hall–Kier alpha value is -1.16. The maximum atomic E-state index is 11.8. The first-order chi connectivity index (χ1) is 8.19. The third-order valence-electron chi connectivity index (χ3n) is 2.26. The Bertz CT molecular complexity index is 638. The molecule has 0 spiro atoms. The Balaban J connectivity index is 3.29. The molecule has 7 nitrogen and oxygen atoms in total. The molecule has 102 valence electrons. The van der Waals surface area contributed by atoms with Gasteiger partial charge < -0.3 is 5.73 Å². The number of hydrogen-bond donors (Lipinski definition) is 3. The molecule has 0 unspecified atom stereocenters. The van der Waals surface area contributed by atoms with E-state index in [1.165, 1.54) is 25.1 Å². The van der Waals surface area contributed by atoms with Crippen LogP contribution in [0.3, 0.4) is 0 Å². The van der Waals surface area contributed by atoms with E-state index in [-0.39, 0.29) is 22.9 Å². The molecular formula is C9H15N3O4S2. The summed E-state index contributed by atoms with van der Waals surface area (Å²) in [5.74, 6) is -0.0536. The van der Waals surface area contributed by atoms with Crippen molar-refractivity contribution in [1.29, 1.82) is 0 Å². The fourth-order valence-electron chi connectivity index (χ4n) is 1.43. The summed E-state index contributed by atoms with van der Waals surface area (Å²) in [6.45, 7) is 1.50. The first-order valence-electron chi connectivity index (χ1n) is 5.06. The monoisotopic (exact) mass is 293 g/mol. The molecule has 0 aliphatic rings. The second-order valence-corrected chi connectivity index (χ2v) is 7.12. The van der Waals surface area contributed by atoms with Crippen molar-refractivity contribution in [2.24, 2.45) is 10.9 Å². The molecular weight excluding hydrogens is 278 g/mol. The first-order valence-corrected chi connectivity index (χ1v) is 8.25. The van der Waals surface area contributed by atoms with Gasteiger partial charge in [-0.05, 0) is 23.8 Å². The topological polar surface area (TPSA) is 132 Å². The number of anilines is 1. The average Bonchev–Trinajstić information content (AvgIpc) is 2.26. The number of hydrogen-bond acceptors (Lipinski definition) is 5. The van der Waals surface area contributed by atoms with Gasteiger partial charge in [-0.2, -0.15) is 8.42 Å². The molecule has 9 heteroatoms. The Kier molecular flexibility index (Phi) is 4.32. The molecule has 0 aliphatic heterocycles. The minimum absolute atomic E-state index is 0.0191. The summed E-state index contributed by atoms with van der Waals surface area (Å²) in [6.07, 6.45) is 0. The van der Waals surface area contributed by atoms with Crippen molar-refractivity contribution >= 4 is 25.7 Å². The zero-order chi connectivity index (χ0) is 14.0. The van der Waals surface area contributed by atoms with Crippen LogP contribution in [-0.2, 0) is 26.6 Å². The van der Waals surface area contributed by atoms with Crippen molar-refractivity contribution in [2.75, 3.05) is 10.5 Å². The lowest BCUT2D eigenvalue weighted by Crippen LogP contribution is -2.22. The molecule has 0 aromatic heterocycles. The van der Waals surface area contributed by atoms with Crippen molar-refractivity contribution in [2.45, 2.75) is 18.4 Å². The van der Waals surface area contributed by atoms with E-state index < -0.39 is 20.0 Å². The zero-order valence-electron chi connectivity index (χ0n) is 9.75. The second-order valence-electron chi connectivity index (χ2n) is 3.58. The molecule has 1 aromatic carbocycles. The van der Waals surface area contributed by atoms with Gasteiger partial charge >= 0.3 is 0 Å². The molecule has 18 heavy (non-hydrogen) atoms. The highest BCUT2D eigenvalue weighted by molar-refractivity contribution is 7.91. The van der Waals surface area contributed by atoms with Crippen molar-refractivity contribution < 1.29 is 16.8 Å². The summed E-state index contributed by atoms with van der Waals surface area (Å²) in [4.78, 5) is 0.104. The number of sulfone groups is 1. The highest BCUT2D eigenvalue weighted by Crippen LogP contribution is 2.21. The minimum Gasteiger partial charge on any atom is -0.326 e. The van der Waals surface area contributed by atoms with Gasteiger partial charge in [0.1, 0.15) is 0 Å². The SMILES string of the molecule is CCS(=O)(=O)c1ccc(NS(N)(=O)=O)cc1CN. The Morgan fingerprint density at radius 1 is 1.22 bits per heavy atom. The van der Waals surface area contributed by atoms with Crippen molar-refractivity contribution in [3.63, 3.8) is 0 Å². The van der Waals surface area contributed by atoms with E-state index in [1.54, 1.807) is 0 Å². The highest BCUT2D eigenvalue weighted by Gasteiger charge is 2.16. The molecule has 0 atom stereocenters. The van der Waals surface area contributed by atoms with E-state index in [9.17, 15) is 16.8 Å². The van der Waals surface area contributed by atoms with Crippen LogP contribution in [0.4, 0.5) is 5.69 Å². The lowest BCUT2D eigenvalue weighted by atomic mass is 10.2. The fourth-order valence-corrected chi connectivity index (χ4v) is 3.01. The molecule has 0 radical (unpaired) electrons. The van der Waals surface area contributed by atoms with E-state index >= 15 is 0 Å². The summed E-state index contributed by atoms with van der Waals surface area (Å²) < 4.78 is 47.3. The van der Waals surface area contributed by atoms with Gasteiger partial charge in [-0.3, -0.25) is 4.72 Å². The first kappa shape index (κ1) is 14.9. The van der Waals surface area contributed by atoms with Crippen LogP contribution in [0.1, 0.15) is 12.5 Å². The summed E-state index contributed by atoms with van der Waals surface area (Å²) >= 11 is 0. The molecule has 0 bridgehead atoms. The predicted octanol–water partition coefficient (Wildman–Crippen LogP) is -0.446. The number of benzene rings is 1. The van der Waals surface area contributed by atoms with Crippen LogP contribution < -0.4 is 15.6 Å². The normalized spacial score (nSPS) is 12.4. The Morgan fingerprint density at radius 3 is 2.28 bits per heavy atom. The minimum atomic E-state index is -3.90. The van der Waals surface area contributed by atoms with E-state index in [0.717, 1.165) is 0 Å². The van der Waals surface area contributed by atoms with Crippen LogP contribution in [0, 0.1) is 0 Å². The summed E-state index contributed by atoms with van der Waals surface area (Å²) in [5.41, 5.74) is 5.97. The third kappa shape index (κ3) is 3.67. The van der Waals surface area contributed by atoms with E-state index in [1.807, 2.05) is 0 Å². The van der Waals surface area contributed by atoms with Gasteiger partial charge in [0.05, 0.1) is 16.3 Å². The third-order valence-corrected chi connectivity index (χ3v) is 4.60. The molecule has 0 saturated heterocycles. The van der Waals surface area contributed by atoms with E-state index in [0.29, 0.717) is 5.56 Å². The molecule has 1 aromatic rings. The van der Waals surface area contributed by atoms with Gasteiger partial charge in [0.25, 0.3) is 10.2 Å². The maximum absolute atomic E-state index is 11.8. The molecule has 0 saturated carbocycles. The molecule has 0 heterocycles. The second kappa shape index (κ2) is 5.22. The predicted molar refractivity (Wildman–Crippen MR) is 68.8 cm³/mol. The molecule has 0 aliphatic carbocycles. The van der Waals surface area contributed by atoms with Crippen LogP contribution in [0.5, 0.6) is 0 Å². The van der Waals surface area contributed by atoms with Gasteiger partial charge in [-0.25, -0.2) is 13.6 Å². The summed E-state index contributed by atoms with van der Waals surface area (Å²) in [6, 6.07) is 3.99. The van der Waals surface area contributed by atoms with Crippen molar-refractivity contribution in [3.8, 4) is 0 Å². The standard InChI is InChI=1S/C9H15N3O4S2/c1-2-17(13,14)9-4-3-8(5-7(9)6-10)12-18(11,15)16/h3-5,12H,2,6,10H2,1H3,(H2,11,15,16). The average molecular weight is 293 g/mol. The lowest BCUT2D eigenvalue weighted by Gasteiger charge is -2.10. The van der Waals surface area contributed by atoms with Crippen LogP contribution in [-0.4, -0.2) is 22.6 Å². The lowest BCUT2D eigenvalue weighted by molar-refractivity contribution is 0.596. The van der Waals surface area contributed by atoms with E-state index in [2.05, 4.69) is 4.72 Å². The summed E-state index contributed by atoms with van der Waals surface area (Å²) in [5, 5.41) is 4.82. The highest BCUT2D eigenvalue weighted by atomic mass is 32.2. The van der Waals surface area contributed by atoms with Gasteiger partial charge in [0, 0.05) is 6.54 Å². The van der Waals surface area contributed by atoms with Gasteiger partial charge in [-0.1, -0.05) is 6.92 Å². The van der Waals surface area contributed by atoms with Crippen molar-refractivity contribution in [3.05, 3.63) is 23.8 Å². The fraction of sp³-hybridized carbons (Fsp3) is 0.333. The largest absolute Gasteiger partial charge is 0.326 e. The summed E-state index contributed by atoms with van der Waals surface area (Å²) in [7, 11) is -7.29. The van der Waals surface area contributed by atoms with Gasteiger partial charge in [0.2, 0.25) is 0 Å². The van der Waals surface area contributed by atoms with Gasteiger partial charge in [0.15, 0.2) is 9.84 Å². The smallest absolute Gasteiger partial charge is 0.296 e. The van der Waals surface area contributed by atoms with E-state index in [4.69, 9.17) is 10.9 Å². The molecule has 1 rings (SSSR count). The number of nitrogens with one attached hydrogen (secondary N) is 1. The van der Waals surface area contributed by atoms with Crippen LogP contribution in [0.25, 0.3) is 0 Å². The van der Waals surface area contributed by atoms with Crippen LogP contribution in [0.2, 0.25) is 0 Å². The Labute approximate surface area is 106 Å². The zero-order valence-corrected chi connectivity index (χ0v) is 11.4. The quantitative estimate of drug-likeness (QED) is 0.676. The Morgan fingerprint density at radius 2 is 1.83 bits per heavy atom. The molecule has 0 fully saturated rings. The number of rotatable bonds is 5.